The summed E-state index contributed by atoms with van der Waals surface area (Å²) in [6.07, 6.45) is 3.71. The van der Waals surface area contributed by atoms with E-state index >= 15 is 0 Å². The van der Waals surface area contributed by atoms with Gasteiger partial charge in [-0.1, -0.05) is 80.2 Å². The molecule has 0 saturated carbocycles. The minimum atomic E-state index is -0.261. The van der Waals surface area contributed by atoms with Gasteiger partial charge >= 0.3 is 0 Å². The Kier molecular flexibility index (Phi) is 8.54. The van der Waals surface area contributed by atoms with E-state index in [2.05, 4.69) is 24.5 Å². The molecule has 0 spiro atoms. The van der Waals surface area contributed by atoms with Crippen molar-refractivity contribution >= 4 is 45.8 Å². The van der Waals surface area contributed by atoms with Crippen molar-refractivity contribution < 1.29 is 9.59 Å². The van der Waals surface area contributed by atoms with E-state index in [0.29, 0.717) is 45.4 Å². The Bertz CT molecular complexity index is 1130. The third kappa shape index (κ3) is 5.43. The van der Waals surface area contributed by atoms with Crippen LogP contribution in [0.25, 0.3) is 21.9 Å². The van der Waals surface area contributed by atoms with Crippen molar-refractivity contribution in [3.05, 3.63) is 69.7 Å². The number of amides is 2. The molecule has 6 heteroatoms. The monoisotopic (exact) mass is 470 g/mol. The zero-order valence-corrected chi connectivity index (χ0v) is 19.9. The Morgan fingerprint density at radius 3 is 2.06 bits per heavy atom. The maximum absolute atomic E-state index is 13.1. The molecule has 0 aliphatic carbocycles. The maximum atomic E-state index is 13.1. The van der Waals surface area contributed by atoms with Gasteiger partial charge in [0.2, 0.25) is 0 Å². The maximum Gasteiger partial charge on any atom is 0.252 e. The predicted molar refractivity (Wildman–Crippen MR) is 134 cm³/mol. The van der Waals surface area contributed by atoms with Crippen LogP contribution in [0.3, 0.4) is 0 Å². The van der Waals surface area contributed by atoms with E-state index in [1.807, 2.05) is 30.3 Å². The van der Waals surface area contributed by atoms with E-state index in [0.717, 1.165) is 36.5 Å². The van der Waals surface area contributed by atoms with Crippen LogP contribution in [0.1, 0.15) is 60.2 Å². The highest BCUT2D eigenvalue weighted by molar-refractivity contribution is 6.38. The SMILES string of the molecule is CCCCNC(=O)c1cc(Cl)cc(Cl)c1-c1c(C(=O)NCCCC)ccc2ccccc12. The minimum Gasteiger partial charge on any atom is -0.352 e. The summed E-state index contributed by atoms with van der Waals surface area (Å²) in [5.74, 6) is -0.453. The van der Waals surface area contributed by atoms with Gasteiger partial charge in [0, 0.05) is 34.8 Å². The number of unbranched alkanes of at least 4 members (excludes halogenated alkanes) is 2. The summed E-state index contributed by atoms with van der Waals surface area (Å²) >= 11 is 13.0. The van der Waals surface area contributed by atoms with Crippen LogP contribution >= 0.6 is 23.2 Å². The molecule has 0 radical (unpaired) electrons. The fraction of sp³-hybridized carbons (Fsp3) is 0.308. The highest BCUT2D eigenvalue weighted by Crippen LogP contribution is 2.40. The number of benzene rings is 3. The first-order chi connectivity index (χ1) is 15.5. The Hall–Kier alpha value is -2.56. The number of carbonyl (C=O) groups excluding carboxylic acids is 2. The summed E-state index contributed by atoms with van der Waals surface area (Å²) in [4.78, 5) is 26.3. The third-order valence-corrected chi connectivity index (χ3v) is 5.87. The molecule has 3 rings (SSSR count). The first-order valence-corrected chi connectivity index (χ1v) is 11.8. The van der Waals surface area contributed by atoms with E-state index in [1.54, 1.807) is 18.2 Å². The van der Waals surface area contributed by atoms with Gasteiger partial charge in [0.25, 0.3) is 11.8 Å². The minimum absolute atomic E-state index is 0.192. The lowest BCUT2D eigenvalue weighted by Gasteiger charge is -2.18. The molecule has 0 fully saturated rings. The van der Waals surface area contributed by atoms with Gasteiger partial charge in [-0.15, -0.1) is 0 Å². The molecule has 0 unspecified atom stereocenters. The highest BCUT2D eigenvalue weighted by atomic mass is 35.5. The Morgan fingerprint density at radius 2 is 1.41 bits per heavy atom. The second-order valence-electron chi connectivity index (χ2n) is 7.74. The molecule has 0 saturated heterocycles. The van der Waals surface area contributed by atoms with Crippen molar-refractivity contribution in [2.24, 2.45) is 0 Å². The first-order valence-electron chi connectivity index (χ1n) is 11.1. The topological polar surface area (TPSA) is 58.2 Å². The summed E-state index contributed by atoms with van der Waals surface area (Å²) < 4.78 is 0. The van der Waals surface area contributed by atoms with Crippen LogP contribution in [0.2, 0.25) is 10.0 Å². The van der Waals surface area contributed by atoms with Crippen molar-refractivity contribution in [3.8, 4) is 11.1 Å². The van der Waals surface area contributed by atoms with Crippen LogP contribution in [0, 0.1) is 0 Å². The van der Waals surface area contributed by atoms with Gasteiger partial charge in [-0.25, -0.2) is 0 Å². The lowest BCUT2D eigenvalue weighted by Crippen LogP contribution is -2.26. The first kappa shape index (κ1) is 24.1. The van der Waals surface area contributed by atoms with E-state index in [-0.39, 0.29) is 11.8 Å². The molecule has 0 aromatic heterocycles. The van der Waals surface area contributed by atoms with Crippen LogP contribution in [0.5, 0.6) is 0 Å². The molecular weight excluding hydrogens is 443 g/mol. The molecule has 3 aromatic rings. The quantitative estimate of drug-likeness (QED) is 0.335. The molecule has 4 nitrogen and oxygen atoms in total. The number of halogens is 2. The standard InChI is InChI=1S/C26H28Cl2N2O2/c1-3-5-13-29-25(31)20-12-11-17-9-7-8-10-19(17)23(20)24-21(15-18(27)16-22(24)28)26(32)30-14-6-4-2/h7-12,15-16H,3-6,13-14H2,1-2H3,(H,29,31)(H,30,32). The summed E-state index contributed by atoms with van der Waals surface area (Å²) in [7, 11) is 0. The molecule has 0 heterocycles. The Morgan fingerprint density at radius 1 is 0.781 bits per heavy atom. The van der Waals surface area contributed by atoms with E-state index < -0.39 is 0 Å². The second-order valence-corrected chi connectivity index (χ2v) is 8.58. The molecule has 2 N–H and O–H groups in total. The van der Waals surface area contributed by atoms with Crippen molar-refractivity contribution in [1.29, 1.82) is 0 Å². The van der Waals surface area contributed by atoms with Crippen LogP contribution in [0.15, 0.2) is 48.5 Å². The molecule has 0 bridgehead atoms. The van der Waals surface area contributed by atoms with E-state index in [9.17, 15) is 9.59 Å². The fourth-order valence-electron chi connectivity index (χ4n) is 3.68. The number of hydrogen-bond acceptors (Lipinski definition) is 2. The number of carbonyl (C=O) groups is 2. The molecule has 0 aliphatic heterocycles. The zero-order chi connectivity index (χ0) is 23.1. The van der Waals surface area contributed by atoms with Gasteiger partial charge in [0.1, 0.15) is 0 Å². The van der Waals surface area contributed by atoms with Crippen LogP contribution in [-0.2, 0) is 0 Å². The molecular formula is C26H28Cl2N2O2. The Balaban J connectivity index is 2.22. The van der Waals surface area contributed by atoms with Gasteiger partial charge in [-0.3, -0.25) is 9.59 Å². The number of fused-ring (bicyclic) bond motifs is 1. The van der Waals surface area contributed by atoms with Gasteiger partial charge in [0.15, 0.2) is 0 Å². The Labute approximate surface area is 199 Å². The third-order valence-electron chi connectivity index (χ3n) is 5.36. The largest absolute Gasteiger partial charge is 0.352 e. The number of nitrogens with one attached hydrogen (secondary N) is 2. The summed E-state index contributed by atoms with van der Waals surface area (Å²) in [5.41, 5.74) is 1.99. The van der Waals surface area contributed by atoms with Crippen LogP contribution in [-0.4, -0.2) is 24.9 Å². The molecule has 0 aliphatic rings. The summed E-state index contributed by atoms with van der Waals surface area (Å²) in [5, 5.41) is 8.44. The molecule has 32 heavy (non-hydrogen) atoms. The van der Waals surface area contributed by atoms with Gasteiger partial charge in [0.05, 0.1) is 10.6 Å². The number of rotatable bonds is 9. The van der Waals surface area contributed by atoms with Crippen molar-refractivity contribution in [2.75, 3.05) is 13.1 Å². The summed E-state index contributed by atoms with van der Waals surface area (Å²) in [6.45, 7) is 5.27. The van der Waals surface area contributed by atoms with Crippen molar-refractivity contribution in [2.45, 2.75) is 39.5 Å². The normalized spacial score (nSPS) is 10.9. The van der Waals surface area contributed by atoms with E-state index in [1.165, 1.54) is 0 Å². The zero-order valence-electron chi connectivity index (χ0n) is 18.4. The molecule has 3 aromatic carbocycles. The van der Waals surface area contributed by atoms with Crippen molar-refractivity contribution in [1.82, 2.24) is 10.6 Å². The second kappa shape index (κ2) is 11.3. The number of hydrogen-bond donors (Lipinski definition) is 2. The van der Waals surface area contributed by atoms with Crippen LogP contribution < -0.4 is 10.6 Å². The van der Waals surface area contributed by atoms with Gasteiger partial charge in [-0.2, -0.15) is 0 Å². The lowest BCUT2D eigenvalue weighted by atomic mass is 9.89. The lowest BCUT2D eigenvalue weighted by molar-refractivity contribution is 0.0943. The smallest absolute Gasteiger partial charge is 0.252 e. The molecule has 0 atom stereocenters. The summed E-state index contributed by atoms with van der Waals surface area (Å²) in [6, 6.07) is 14.7. The molecule has 168 valence electrons. The van der Waals surface area contributed by atoms with Crippen molar-refractivity contribution in [3.63, 3.8) is 0 Å². The fourth-order valence-corrected chi connectivity index (χ4v) is 4.27. The average molecular weight is 471 g/mol. The molecule has 2 amide bonds. The highest BCUT2D eigenvalue weighted by Gasteiger charge is 2.24. The van der Waals surface area contributed by atoms with Gasteiger partial charge in [-0.05, 0) is 41.8 Å². The predicted octanol–water partition coefficient (Wildman–Crippen LogP) is 6.87. The average Bonchev–Trinajstić information content (AvgIpc) is 2.78. The van der Waals surface area contributed by atoms with Gasteiger partial charge < -0.3 is 10.6 Å². The van der Waals surface area contributed by atoms with Crippen LogP contribution in [0.4, 0.5) is 0 Å². The van der Waals surface area contributed by atoms with E-state index in [4.69, 9.17) is 23.2 Å².